The van der Waals surface area contributed by atoms with Gasteiger partial charge in [-0.25, -0.2) is 4.98 Å². The second-order valence-corrected chi connectivity index (χ2v) is 5.99. The van der Waals surface area contributed by atoms with Crippen LogP contribution in [0.1, 0.15) is 39.1 Å². The molecule has 0 amide bonds. The van der Waals surface area contributed by atoms with Crippen molar-refractivity contribution in [3.63, 3.8) is 0 Å². The molecule has 0 bridgehead atoms. The van der Waals surface area contributed by atoms with Crippen LogP contribution in [0.15, 0.2) is 0 Å². The number of nitrogens with zero attached hydrogens (tertiary/aromatic N) is 4. The van der Waals surface area contributed by atoms with Gasteiger partial charge in [0.2, 0.25) is 5.95 Å². The van der Waals surface area contributed by atoms with E-state index in [0.717, 1.165) is 37.3 Å². The molecule has 1 rings (SSSR count). The zero-order chi connectivity index (χ0) is 14.5. The Kier molecular flexibility index (Phi) is 5.66. The fourth-order valence-corrected chi connectivity index (χ4v) is 2.24. The summed E-state index contributed by atoms with van der Waals surface area (Å²) < 4.78 is 0. The SMILES string of the molecule is CCc1nnc(NCC(C)(C)CN(C)C)nc1CC. The second-order valence-electron chi connectivity index (χ2n) is 5.99. The van der Waals surface area contributed by atoms with E-state index in [9.17, 15) is 0 Å². The van der Waals surface area contributed by atoms with E-state index in [0.29, 0.717) is 5.95 Å². The maximum absolute atomic E-state index is 4.55. The average Bonchev–Trinajstić information content (AvgIpc) is 2.34. The molecular formula is C14H27N5. The van der Waals surface area contributed by atoms with Crippen LogP contribution >= 0.6 is 0 Å². The van der Waals surface area contributed by atoms with Crippen molar-refractivity contribution in [2.75, 3.05) is 32.5 Å². The molecule has 108 valence electrons. The number of aryl methyl sites for hydroxylation is 2. The molecule has 5 nitrogen and oxygen atoms in total. The molecular weight excluding hydrogens is 238 g/mol. The lowest BCUT2D eigenvalue weighted by atomic mass is 9.93. The van der Waals surface area contributed by atoms with E-state index in [1.807, 2.05) is 0 Å². The topological polar surface area (TPSA) is 53.9 Å². The monoisotopic (exact) mass is 265 g/mol. The van der Waals surface area contributed by atoms with Crippen LogP contribution in [0, 0.1) is 5.41 Å². The normalized spacial score (nSPS) is 11.9. The molecule has 5 heteroatoms. The highest BCUT2D eigenvalue weighted by molar-refractivity contribution is 5.26. The second kappa shape index (κ2) is 6.80. The molecule has 0 saturated heterocycles. The van der Waals surface area contributed by atoms with Crippen molar-refractivity contribution >= 4 is 5.95 Å². The maximum atomic E-state index is 4.55. The Hall–Kier alpha value is -1.23. The first-order valence-corrected chi connectivity index (χ1v) is 6.99. The van der Waals surface area contributed by atoms with Gasteiger partial charge < -0.3 is 10.2 Å². The summed E-state index contributed by atoms with van der Waals surface area (Å²) in [5, 5.41) is 11.7. The third-order valence-electron chi connectivity index (χ3n) is 2.98. The van der Waals surface area contributed by atoms with Gasteiger partial charge in [-0.1, -0.05) is 27.7 Å². The van der Waals surface area contributed by atoms with Crippen LogP contribution in [-0.4, -0.2) is 47.3 Å². The van der Waals surface area contributed by atoms with Crippen molar-refractivity contribution in [3.8, 4) is 0 Å². The van der Waals surface area contributed by atoms with Crippen LogP contribution in [0.25, 0.3) is 0 Å². The molecule has 0 saturated carbocycles. The molecule has 0 aromatic carbocycles. The minimum atomic E-state index is 0.169. The summed E-state index contributed by atoms with van der Waals surface area (Å²) in [7, 11) is 4.18. The number of nitrogens with one attached hydrogen (secondary N) is 1. The van der Waals surface area contributed by atoms with Crippen LogP contribution < -0.4 is 5.32 Å². The summed E-state index contributed by atoms with van der Waals surface area (Å²) in [5.41, 5.74) is 2.22. The summed E-state index contributed by atoms with van der Waals surface area (Å²) in [5.74, 6) is 0.640. The Morgan fingerprint density at radius 3 is 2.21 bits per heavy atom. The van der Waals surface area contributed by atoms with E-state index < -0.39 is 0 Å². The number of anilines is 1. The molecule has 0 fully saturated rings. The first kappa shape index (κ1) is 15.8. The van der Waals surface area contributed by atoms with E-state index >= 15 is 0 Å². The van der Waals surface area contributed by atoms with Gasteiger partial charge in [-0.15, -0.1) is 5.10 Å². The highest BCUT2D eigenvalue weighted by Crippen LogP contribution is 2.16. The Bertz CT molecular complexity index is 401. The van der Waals surface area contributed by atoms with E-state index in [2.05, 4.69) is 67.2 Å². The van der Waals surface area contributed by atoms with Crippen molar-refractivity contribution in [2.45, 2.75) is 40.5 Å². The molecule has 0 atom stereocenters. The third kappa shape index (κ3) is 5.11. The number of hydrogen-bond acceptors (Lipinski definition) is 5. The van der Waals surface area contributed by atoms with Gasteiger partial charge >= 0.3 is 0 Å². The molecule has 0 aliphatic carbocycles. The van der Waals surface area contributed by atoms with Gasteiger partial charge in [0.1, 0.15) is 0 Å². The molecule has 1 aromatic rings. The molecule has 0 aliphatic heterocycles. The van der Waals surface area contributed by atoms with Crippen LogP contribution in [0.3, 0.4) is 0 Å². The zero-order valence-electron chi connectivity index (χ0n) is 13.1. The fraction of sp³-hybridized carbons (Fsp3) is 0.786. The largest absolute Gasteiger partial charge is 0.352 e. The predicted molar refractivity (Wildman–Crippen MR) is 79.4 cm³/mol. The summed E-state index contributed by atoms with van der Waals surface area (Å²) in [6, 6.07) is 0. The van der Waals surface area contributed by atoms with E-state index in [4.69, 9.17) is 0 Å². The Morgan fingerprint density at radius 2 is 1.68 bits per heavy atom. The van der Waals surface area contributed by atoms with Gasteiger partial charge in [0.15, 0.2) is 0 Å². The van der Waals surface area contributed by atoms with Crippen LogP contribution in [0.4, 0.5) is 5.95 Å². The van der Waals surface area contributed by atoms with Gasteiger partial charge in [0, 0.05) is 13.1 Å². The number of rotatable bonds is 7. The van der Waals surface area contributed by atoms with Crippen LogP contribution in [-0.2, 0) is 12.8 Å². The standard InChI is InChI=1S/C14H27N5/c1-7-11-12(8-2)17-18-13(16-11)15-9-14(3,4)10-19(5)6/h7-10H2,1-6H3,(H,15,16,18). The first-order valence-electron chi connectivity index (χ1n) is 6.99. The molecule has 0 unspecified atom stereocenters. The van der Waals surface area contributed by atoms with Gasteiger partial charge in [-0.2, -0.15) is 5.10 Å². The minimum Gasteiger partial charge on any atom is -0.352 e. The highest BCUT2D eigenvalue weighted by Gasteiger charge is 2.19. The fourth-order valence-electron chi connectivity index (χ4n) is 2.24. The van der Waals surface area contributed by atoms with Crippen LogP contribution in [0.5, 0.6) is 0 Å². The van der Waals surface area contributed by atoms with Crippen LogP contribution in [0.2, 0.25) is 0 Å². The summed E-state index contributed by atoms with van der Waals surface area (Å²) in [4.78, 5) is 6.74. The quantitative estimate of drug-likeness (QED) is 0.817. The average molecular weight is 265 g/mol. The number of hydrogen-bond donors (Lipinski definition) is 1. The Labute approximate surface area is 116 Å². The number of aromatic nitrogens is 3. The van der Waals surface area contributed by atoms with Crippen molar-refractivity contribution in [3.05, 3.63) is 11.4 Å². The first-order chi connectivity index (χ1) is 8.88. The summed E-state index contributed by atoms with van der Waals surface area (Å²) in [6.45, 7) is 10.5. The van der Waals surface area contributed by atoms with Gasteiger partial charge in [-0.3, -0.25) is 0 Å². The molecule has 0 aliphatic rings. The van der Waals surface area contributed by atoms with Crippen molar-refractivity contribution in [1.29, 1.82) is 0 Å². The zero-order valence-corrected chi connectivity index (χ0v) is 13.1. The summed E-state index contributed by atoms with van der Waals surface area (Å²) in [6.07, 6.45) is 1.78. The van der Waals surface area contributed by atoms with Gasteiger partial charge in [-0.05, 0) is 32.4 Å². The summed E-state index contributed by atoms with van der Waals surface area (Å²) >= 11 is 0. The maximum Gasteiger partial charge on any atom is 0.242 e. The minimum absolute atomic E-state index is 0.169. The predicted octanol–water partition coefficient (Wildman–Crippen LogP) is 2.00. The third-order valence-corrected chi connectivity index (χ3v) is 2.98. The molecule has 1 N–H and O–H groups in total. The van der Waals surface area contributed by atoms with Gasteiger partial charge in [0.05, 0.1) is 11.4 Å². The molecule has 0 radical (unpaired) electrons. The van der Waals surface area contributed by atoms with E-state index in [1.54, 1.807) is 0 Å². The van der Waals surface area contributed by atoms with Crippen molar-refractivity contribution < 1.29 is 0 Å². The van der Waals surface area contributed by atoms with Crippen molar-refractivity contribution in [2.24, 2.45) is 5.41 Å². The van der Waals surface area contributed by atoms with Gasteiger partial charge in [0.25, 0.3) is 0 Å². The lowest BCUT2D eigenvalue weighted by Crippen LogP contribution is -2.34. The lowest BCUT2D eigenvalue weighted by Gasteiger charge is -2.28. The molecule has 1 aromatic heterocycles. The van der Waals surface area contributed by atoms with E-state index in [1.165, 1.54) is 0 Å². The molecule has 1 heterocycles. The van der Waals surface area contributed by atoms with E-state index in [-0.39, 0.29) is 5.41 Å². The Morgan fingerprint density at radius 1 is 1.05 bits per heavy atom. The Balaban J connectivity index is 2.67. The lowest BCUT2D eigenvalue weighted by molar-refractivity contribution is 0.253. The molecule has 19 heavy (non-hydrogen) atoms. The highest BCUT2D eigenvalue weighted by atomic mass is 15.2. The molecule has 0 spiro atoms. The smallest absolute Gasteiger partial charge is 0.242 e. The van der Waals surface area contributed by atoms with Crippen molar-refractivity contribution in [1.82, 2.24) is 20.1 Å².